The van der Waals surface area contributed by atoms with Crippen molar-refractivity contribution in [1.82, 2.24) is 4.90 Å². The van der Waals surface area contributed by atoms with Gasteiger partial charge in [0, 0.05) is 30.3 Å². The highest BCUT2D eigenvalue weighted by Crippen LogP contribution is 2.41. The zero-order valence-electron chi connectivity index (χ0n) is 24.2. The van der Waals surface area contributed by atoms with Gasteiger partial charge in [-0.05, 0) is 78.2 Å². The second kappa shape index (κ2) is 14.7. The highest BCUT2D eigenvalue weighted by molar-refractivity contribution is 7.90. The van der Waals surface area contributed by atoms with Crippen molar-refractivity contribution in [2.75, 3.05) is 52.3 Å². The van der Waals surface area contributed by atoms with Crippen molar-refractivity contribution in [3.63, 3.8) is 0 Å². The molecule has 0 saturated carbocycles. The lowest BCUT2D eigenvalue weighted by Gasteiger charge is -2.20. The number of phenolic OH excluding ortho intramolecular Hbond substituents is 1. The number of rotatable bonds is 15. The highest BCUT2D eigenvalue weighted by Gasteiger charge is 2.15. The zero-order valence-corrected chi connectivity index (χ0v) is 25.0. The van der Waals surface area contributed by atoms with E-state index in [0.29, 0.717) is 50.2 Å². The predicted octanol–water partition coefficient (Wildman–Crippen LogP) is 5.22. The first-order valence-electron chi connectivity index (χ1n) is 13.8. The summed E-state index contributed by atoms with van der Waals surface area (Å²) >= 11 is 0. The van der Waals surface area contributed by atoms with Crippen LogP contribution in [-0.2, 0) is 19.3 Å². The van der Waals surface area contributed by atoms with Crippen LogP contribution in [-0.4, -0.2) is 76.8 Å². The van der Waals surface area contributed by atoms with Crippen LogP contribution in [0.1, 0.15) is 6.92 Å². The molecule has 0 atom stereocenters. The molecule has 4 rings (SSSR count). The molecule has 0 spiro atoms. The summed E-state index contributed by atoms with van der Waals surface area (Å²) in [5, 5.41) is 11.6. The van der Waals surface area contributed by atoms with Gasteiger partial charge in [0.05, 0.1) is 18.1 Å². The quantitative estimate of drug-likeness (QED) is 0.174. The summed E-state index contributed by atoms with van der Waals surface area (Å²) in [4.78, 5) is 13.0. The second-order valence-corrected chi connectivity index (χ2v) is 11.8. The Hall–Kier alpha value is -4.32. The largest absolute Gasteiger partial charge is 0.508 e. The van der Waals surface area contributed by atoms with Crippen molar-refractivity contribution >= 4 is 26.7 Å². The third kappa shape index (κ3) is 9.08. The number of likely N-dealkylation sites (N-methyl/N-ethyl adjacent to an activating group) is 1. The van der Waals surface area contributed by atoms with Gasteiger partial charge in [0.15, 0.2) is 9.84 Å². The van der Waals surface area contributed by atoms with E-state index in [2.05, 4.69) is 16.6 Å². The van der Waals surface area contributed by atoms with E-state index >= 15 is 0 Å². The first-order valence-corrected chi connectivity index (χ1v) is 15.7. The van der Waals surface area contributed by atoms with E-state index in [1.165, 1.54) is 6.26 Å². The molecule has 0 fully saturated rings. The van der Waals surface area contributed by atoms with Gasteiger partial charge < -0.3 is 29.8 Å². The van der Waals surface area contributed by atoms with E-state index in [0.717, 1.165) is 28.4 Å². The standard InChI is InChI=1S/C32H36N2O8S/c1-3-34(16-18-39-20-21-41-32(33)36)17-19-40-26-8-10-27(11-9-26)42-31-29(14-6-24-22-25(35)7-15-30(24)31)23-4-12-28(13-5-23)43(2,37)38/h4-15,22,35H,3,16-21H2,1-2H3,(H2,33,36). The Morgan fingerprint density at radius 3 is 2.23 bits per heavy atom. The molecule has 4 aromatic carbocycles. The lowest BCUT2D eigenvalue weighted by Crippen LogP contribution is -2.31. The van der Waals surface area contributed by atoms with E-state index in [1.54, 1.807) is 42.5 Å². The molecule has 11 heteroatoms. The van der Waals surface area contributed by atoms with Gasteiger partial charge in [0.1, 0.15) is 36.2 Å². The third-order valence-electron chi connectivity index (χ3n) is 6.74. The monoisotopic (exact) mass is 608 g/mol. The molecule has 0 bridgehead atoms. The Morgan fingerprint density at radius 2 is 1.56 bits per heavy atom. The molecule has 0 aliphatic rings. The third-order valence-corrected chi connectivity index (χ3v) is 7.87. The first kappa shape index (κ1) is 31.6. The van der Waals surface area contributed by atoms with Crippen LogP contribution in [0.5, 0.6) is 23.0 Å². The number of nitrogens with zero attached hydrogens (tertiary/aromatic N) is 1. The maximum Gasteiger partial charge on any atom is 0.404 e. The number of primary amides is 1. The molecule has 0 radical (unpaired) electrons. The maximum absolute atomic E-state index is 11.9. The van der Waals surface area contributed by atoms with Gasteiger partial charge in [-0.1, -0.05) is 25.1 Å². The van der Waals surface area contributed by atoms with Gasteiger partial charge in [0.25, 0.3) is 0 Å². The topological polar surface area (TPSA) is 138 Å². The Bertz CT molecular complexity index is 1620. The molecule has 4 aromatic rings. The highest BCUT2D eigenvalue weighted by atomic mass is 32.2. The summed E-state index contributed by atoms with van der Waals surface area (Å²) in [6.45, 7) is 5.73. The predicted molar refractivity (Wildman–Crippen MR) is 165 cm³/mol. The molecule has 0 unspecified atom stereocenters. The van der Waals surface area contributed by atoms with Crippen molar-refractivity contribution in [1.29, 1.82) is 0 Å². The normalized spacial score (nSPS) is 11.5. The van der Waals surface area contributed by atoms with Crippen molar-refractivity contribution in [3.05, 3.63) is 78.9 Å². The fourth-order valence-electron chi connectivity index (χ4n) is 4.45. The summed E-state index contributed by atoms with van der Waals surface area (Å²) in [5.74, 6) is 2.02. The number of hydrogen-bond acceptors (Lipinski definition) is 9. The van der Waals surface area contributed by atoms with Crippen LogP contribution in [0.15, 0.2) is 83.8 Å². The average Bonchev–Trinajstić information content (AvgIpc) is 2.98. The number of sulfone groups is 1. The van der Waals surface area contributed by atoms with Gasteiger partial charge in [-0.15, -0.1) is 0 Å². The summed E-state index contributed by atoms with van der Waals surface area (Å²) in [5.41, 5.74) is 6.49. The number of aromatic hydroxyl groups is 1. The van der Waals surface area contributed by atoms with Gasteiger partial charge in [-0.3, -0.25) is 4.90 Å². The Labute approximate surface area is 251 Å². The smallest absolute Gasteiger partial charge is 0.404 e. The van der Waals surface area contributed by atoms with Crippen LogP contribution in [0, 0.1) is 0 Å². The SMILES string of the molecule is CCN(CCOCCOC(N)=O)CCOc1ccc(Oc2c(-c3ccc(S(C)(=O)=O)cc3)ccc3cc(O)ccc23)cc1. The molecule has 0 aliphatic carbocycles. The van der Waals surface area contributed by atoms with E-state index < -0.39 is 15.9 Å². The number of carbonyl (C=O) groups is 1. The molecule has 0 aliphatic heterocycles. The summed E-state index contributed by atoms with van der Waals surface area (Å²) in [7, 11) is -3.32. The van der Waals surface area contributed by atoms with Gasteiger partial charge in [0.2, 0.25) is 0 Å². The molecule has 0 heterocycles. The molecule has 0 aromatic heterocycles. The number of phenols is 1. The van der Waals surface area contributed by atoms with Gasteiger partial charge in [-0.2, -0.15) is 0 Å². The van der Waals surface area contributed by atoms with Crippen molar-refractivity contribution in [2.24, 2.45) is 5.73 Å². The summed E-state index contributed by atoms with van der Waals surface area (Å²) in [6, 6.07) is 22.8. The van der Waals surface area contributed by atoms with Crippen molar-refractivity contribution < 1.29 is 37.3 Å². The van der Waals surface area contributed by atoms with Gasteiger partial charge in [-0.25, -0.2) is 13.2 Å². The fourth-order valence-corrected chi connectivity index (χ4v) is 5.08. The molecule has 3 N–H and O–H groups in total. The summed E-state index contributed by atoms with van der Waals surface area (Å²) in [6.07, 6.45) is 0.366. The first-order chi connectivity index (χ1) is 20.6. The number of fused-ring (bicyclic) bond motifs is 1. The van der Waals surface area contributed by atoms with Crippen LogP contribution < -0.4 is 15.2 Å². The van der Waals surface area contributed by atoms with Crippen LogP contribution in [0.3, 0.4) is 0 Å². The lowest BCUT2D eigenvalue weighted by atomic mass is 9.99. The second-order valence-electron chi connectivity index (χ2n) is 9.78. The number of hydrogen-bond donors (Lipinski definition) is 2. The minimum Gasteiger partial charge on any atom is -0.508 e. The number of nitrogens with two attached hydrogens (primary N) is 1. The fraction of sp³-hybridized carbons (Fsp3) is 0.281. The van der Waals surface area contributed by atoms with Crippen LogP contribution in [0.25, 0.3) is 21.9 Å². The Morgan fingerprint density at radius 1 is 0.860 bits per heavy atom. The van der Waals surface area contributed by atoms with Gasteiger partial charge >= 0.3 is 6.09 Å². The molecule has 43 heavy (non-hydrogen) atoms. The molecular formula is C32H36N2O8S. The zero-order chi connectivity index (χ0) is 30.8. The Balaban J connectivity index is 1.41. The molecule has 10 nitrogen and oxygen atoms in total. The van der Waals surface area contributed by atoms with E-state index in [-0.39, 0.29) is 17.3 Å². The van der Waals surface area contributed by atoms with Crippen LogP contribution >= 0.6 is 0 Å². The minimum atomic E-state index is -3.32. The van der Waals surface area contributed by atoms with Crippen LogP contribution in [0.2, 0.25) is 0 Å². The van der Waals surface area contributed by atoms with Crippen molar-refractivity contribution in [2.45, 2.75) is 11.8 Å². The molecule has 228 valence electrons. The number of benzene rings is 4. The van der Waals surface area contributed by atoms with E-state index in [1.807, 2.05) is 36.4 Å². The molecule has 1 amide bonds. The maximum atomic E-state index is 11.9. The van der Waals surface area contributed by atoms with E-state index in [4.69, 9.17) is 19.9 Å². The number of amides is 1. The minimum absolute atomic E-state index is 0.133. The summed E-state index contributed by atoms with van der Waals surface area (Å²) < 4.78 is 46.3. The number of ether oxygens (including phenoxy) is 4. The molecular weight excluding hydrogens is 572 g/mol. The van der Waals surface area contributed by atoms with Crippen molar-refractivity contribution in [3.8, 4) is 34.1 Å². The van der Waals surface area contributed by atoms with E-state index in [9.17, 15) is 18.3 Å². The van der Waals surface area contributed by atoms with Crippen LogP contribution in [0.4, 0.5) is 4.79 Å². The Kier molecular flexibility index (Phi) is 10.8. The number of carbonyl (C=O) groups excluding carboxylic acids is 1. The average molecular weight is 609 g/mol. The lowest BCUT2D eigenvalue weighted by molar-refractivity contribution is 0.0617. The molecule has 0 saturated heterocycles.